The summed E-state index contributed by atoms with van der Waals surface area (Å²) in [4.78, 5) is 30.6. The predicted octanol–water partition coefficient (Wildman–Crippen LogP) is 2.27. The smallest absolute Gasteiger partial charge is 0.254 e. The molecule has 2 aliphatic rings. The predicted molar refractivity (Wildman–Crippen MR) is 96.7 cm³/mol. The van der Waals surface area contributed by atoms with Crippen LogP contribution in [-0.2, 0) is 23.8 Å². The molecule has 4 rings (SSSR count). The number of nitrogens with one attached hydrogen (secondary N) is 2. The molecule has 25 heavy (non-hydrogen) atoms. The van der Waals surface area contributed by atoms with E-state index in [1.807, 2.05) is 6.20 Å². The lowest BCUT2D eigenvalue weighted by atomic mass is 9.77. The number of rotatable bonds is 2. The summed E-state index contributed by atoms with van der Waals surface area (Å²) in [6, 6.07) is 0. The summed E-state index contributed by atoms with van der Waals surface area (Å²) in [5, 5.41) is 0. The normalized spacial score (nSPS) is 24.0. The molecule has 0 bridgehead atoms. The summed E-state index contributed by atoms with van der Waals surface area (Å²) in [6.07, 6.45) is 7.80. The Hall–Kier alpha value is -1.95. The van der Waals surface area contributed by atoms with E-state index in [4.69, 9.17) is 4.98 Å². The minimum absolute atomic E-state index is 0.0223. The first kappa shape index (κ1) is 16.5. The maximum atomic E-state index is 12.6. The van der Waals surface area contributed by atoms with Gasteiger partial charge < -0.3 is 9.97 Å². The quantitative estimate of drug-likeness (QED) is 0.878. The number of likely N-dealkylation sites (tertiary alicyclic amines) is 1. The number of aromatic nitrogens is 4. The zero-order valence-corrected chi connectivity index (χ0v) is 15.4. The summed E-state index contributed by atoms with van der Waals surface area (Å²) < 4.78 is 0. The minimum atomic E-state index is -0.152. The highest BCUT2D eigenvalue weighted by atomic mass is 16.1. The molecular weight excluding hydrogens is 314 g/mol. The van der Waals surface area contributed by atoms with Crippen molar-refractivity contribution >= 4 is 0 Å². The second-order valence-electron chi connectivity index (χ2n) is 8.62. The standard InChI is InChI=1S/C19H27N5O/c1-18(2,3)17-22-15-13(16(25)23-17)5-7-19(15)6-4-10-24(12-19)11-14-20-8-9-21-14/h8-9H,4-7,10-12H2,1-3H3,(H,20,21)(H,22,23,25). The molecule has 1 saturated heterocycles. The van der Waals surface area contributed by atoms with Crippen LogP contribution in [0.5, 0.6) is 0 Å². The van der Waals surface area contributed by atoms with Crippen LogP contribution in [0.2, 0.25) is 0 Å². The summed E-state index contributed by atoms with van der Waals surface area (Å²) >= 11 is 0. The Morgan fingerprint density at radius 3 is 2.88 bits per heavy atom. The van der Waals surface area contributed by atoms with Gasteiger partial charge in [0.05, 0.1) is 12.2 Å². The van der Waals surface area contributed by atoms with Crippen LogP contribution in [0.1, 0.15) is 62.9 Å². The van der Waals surface area contributed by atoms with E-state index in [-0.39, 0.29) is 16.4 Å². The Kier molecular flexibility index (Phi) is 3.83. The van der Waals surface area contributed by atoms with Gasteiger partial charge in [0.1, 0.15) is 11.6 Å². The molecule has 1 aliphatic carbocycles. The summed E-state index contributed by atoms with van der Waals surface area (Å²) in [5.74, 6) is 1.81. The van der Waals surface area contributed by atoms with Gasteiger partial charge in [0, 0.05) is 35.3 Å². The van der Waals surface area contributed by atoms with Crippen LogP contribution < -0.4 is 5.56 Å². The molecule has 134 valence electrons. The van der Waals surface area contributed by atoms with E-state index < -0.39 is 0 Å². The number of hydrogen-bond donors (Lipinski definition) is 2. The number of imidazole rings is 1. The van der Waals surface area contributed by atoms with Crippen LogP contribution in [-0.4, -0.2) is 37.9 Å². The second-order valence-corrected chi connectivity index (χ2v) is 8.62. The van der Waals surface area contributed by atoms with E-state index in [9.17, 15) is 4.79 Å². The molecule has 0 aromatic carbocycles. The van der Waals surface area contributed by atoms with Gasteiger partial charge in [-0.2, -0.15) is 0 Å². The van der Waals surface area contributed by atoms with Crippen molar-refractivity contribution in [2.24, 2.45) is 0 Å². The molecule has 1 aliphatic heterocycles. The topological polar surface area (TPSA) is 77.7 Å². The number of hydrogen-bond acceptors (Lipinski definition) is 4. The number of aromatic amines is 2. The van der Waals surface area contributed by atoms with Gasteiger partial charge in [-0.05, 0) is 32.2 Å². The third-order valence-electron chi connectivity index (χ3n) is 5.67. The molecular formula is C19H27N5O. The minimum Gasteiger partial charge on any atom is -0.348 e. The molecule has 3 heterocycles. The molecule has 1 unspecified atom stereocenters. The molecule has 0 saturated carbocycles. The fourth-order valence-electron chi connectivity index (χ4n) is 4.36. The fourth-order valence-corrected chi connectivity index (χ4v) is 4.36. The van der Waals surface area contributed by atoms with Gasteiger partial charge in [-0.3, -0.25) is 9.69 Å². The zero-order chi connectivity index (χ0) is 17.7. The van der Waals surface area contributed by atoms with Gasteiger partial charge in [0.25, 0.3) is 5.56 Å². The van der Waals surface area contributed by atoms with Crippen LogP contribution in [0, 0.1) is 0 Å². The summed E-state index contributed by atoms with van der Waals surface area (Å²) in [7, 11) is 0. The lowest BCUT2D eigenvalue weighted by Gasteiger charge is -2.40. The van der Waals surface area contributed by atoms with Crippen molar-refractivity contribution in [2.45, 2.75) is 63.8 Å². The van der Waals surface area contributed by atoms with Crippen molar-refractivity contribution in [1.82, 2.24) is 24.8 Å². The molecule has 0 amide bonds. The van der Waals surface area contributed by atoms with Gasteiger partial charge in [-0.1, -0.05) is 20.8 Å². The molecule has 1 fully saturated rings. The lowest BCUT2D eigenvalue weighted by molar-refractivity contribution is 0.134. The molecule has 6 heteroatoms. The SMILES string of the molecule is CC(C)(C)c1nc2c(c(=O)[nH]1)CCC21CCCN(Cc2ncc[nH]2)C1. The number of H-pyrrole nitrogens is 2. The highest BCUT2D eigenvalue weighted by Gasteiger charge is 2.45. The Bertz CT molecular complexity index is 817. The van der Waals surface area contributed by atoms with Crippen molar-refractivity contribution in [3.8, 4) is 0 Å². The highest BCUT2D eigenvalue weighted by molar-refractivity contribution is 5.34. The molecule has 2 aromatic heterocycles. The molecule has 0 radical (unpaired) electrons. The molecule has 2 N–H and O–H groups in total. The third-order valence-corrected chi connectivity index (χ3v) is 5.67. The third kappa shape index (κ3) is 2.92. The number of piperidine rings is 1. The van der Waals surface area contributed by atoms with Crippen LogP contribution in [0.15, 0.2) is 17.2 Å². The average molecular weight is 341 g/mol. The fraction of sp³-hybridized carbons (Fsp3) is 0.632. The van der Waals surface area contributed by atoms with Crippen molar-refractivity contribution in [3.05, 3.63) is 45.7 Å². The van der Waals surface area contributed by atoms with Crippen LogP contribution in [0.25, 0.3) is 0 Å². The van der Waals surface area contributed by atoms with Crippen LogP contribution in [0.4, 0.5) is 0 Å². The lowest BCUT2D eigenvalue weighted by Crippen LogP contribution is -2.45. The van der Waals surface area contributed by atoms with E-state index >= 15 is 0 Å². The van der Waals surface area contributed by atoms with Crippen molar-refractivity contribution in [2.75, 3.05) is 13.1 Å². The number of nitrogens with zero attached hydrogens (tertiary/aromatic N) is 3. The first-order valence-electron chi connectivity index (χ1n) is 9.22. The monoisotopic (exact) mass is 341 g/mol. The van der Waals surface area contributed by atoms with Gasteiger partial charge in [0.2, 0.25) is 0 Å². The second kappa shape index (κ2) is 5.80. The van der Waals surface area contributed by atoms with E-state index in [1.165, 1.54) is 0 Å². The van der Waals surface area contributed by atoms with E-state index in [2.05, 4.69) is 40.6 Å². The van der Waals surface area contributed by atoms with Crippen molar-refractivity contribution < 1.29 is 0 Å². The maximum Gasteiger partial charge on any atom is 0.254 e. The maximum absolute atomic E-state index is 12.6. The zero-order valence-electron chi connectivity index (χ0n) is 15.4. The van der Waals surface area contributed by atoms with E-state index in [1.54, 1.807) is 6.20 Å². The molecule has 6 nitrogen and oxygen atoms in total. The summed E-state index contributed by atoms with van der Waals surface area (Å²) in [5.41, 5.74) is 1.91. The van der Waals surface area contributed by atoms with Crippen LogP contribution >= 0.6 is 0 Å². The van der Waals surface area contributed by atoms with Crippen LogP contribution in [0.3, 0.4) is 0 Å². The first-order chi connectivity index (χ1) is 11.9. The molecule has 2 aromatic rings. The Balaban J connectivity index is 1.68. The van der Waals surface area contributed by atoms with Crippen molar-refractivity contribution in [3.63, 3.8) is 0 Å². The first-order valence-corrected chi connectivity index (χ1v) is 9.22. The van der Waals surface area contributed by atoms with Crippen molar-refractivity contribution in [1.29, 1.82) is 0 Å². The van der Waals surface area contributed by atoms with E-state index in [0.717, 1.165) is 68.2 Å². The Morgan fingerprint density at radius 1 is 1.32 bits per heavy atom. The van der Waals surface area contributed by atoms with Gasteiger partial charge >= 0.3 is 0 Å². The Morgan fingerprint density at radius 2 is 2.16 bits per heavy atom. The number of fused-ring (bicyclic) bond motifs is 2. The Labute approximate surface area is 148 Å². The van der Waals surface area contributed by atoms with Gasteiger partial charge in [-0.15, -0.1) is 0 Å². The highest BCUT2D eigenvalue weighted by Crippen LogP contribution is 2.43. The molecule has 1 spiro atoms. The summed E-state index contributed by atoms with van der Waals surface area (Å²) in [6.45, 7) is 9.17. The van der Waals surface area contributed by atoms with E-state index in [0.29, 0.717) is 0 Å². The molecule has 1 atom stereocenters. The van der Waals surface area contributed by atoms with Gasteiger partial charge in [0.15, 0.2) is 0 Å². The largest absolute Gasteiger partial charge is 0.348 e. The average Bonchev–Trinajstić information content (AvgIpc) is 3.16. The van der Waals surface area contributed by atoms with Gasteiger partial charge in [-0.25, -0.2) is 9.97 Å².